The first kappa shape index (κ1) is 15.9. The van der Waals surface area contributed by atoms with Gasteiger partial charge < -0.3 is 4.74 Å². The van der Waals surface area contributed by atoms with E-state index < -0.39 is 0 Å². The highest BCUT2D eigenvalue weighted by Crippen LogP contribution is 2.27. The van der Waals surface area contributed by atoms with E-state index in [0.717, 1.165) is 5.75 Å². The monoisotopic (exact) mass is 346 g/mol. The number of amides is 1. The van der Waals surface area contributed by atoms with Crippen LogP contribution < -0.4 is 10.1 Å². The molecule has 0 bridgehead atoms. The van der Waals surface area contributed by atoms with Crippen molar-refractivity contribution in [1.82, 2.24) is 15.2 Å². The molecule has 0 saturated carbocycles. The van der Waals surface area contributed by atoms with Gasteiger partial charge in [-0.1, -0.05) is 41.9 Å². The van der Waals surface area contributed by atoms with Crippen molar-refractivity contribution in [2.45, 2.75) is 12.1 Å². The van der Waals surface area contributed by atoms with Crippen LogP contribution in [-0.2, 0) is 4.79 Å². The molecule has 0 aliphatic carbocycles. The van der Waals surface area contributed by atoms with Crippen LogP contribution in [0.15, 0.2) is 23.4 Å². The Morgan fingerprint density at radius 2 is 2.29 bits per heavy atom. The smallest absolute Gasteiger partial charge is 0.264 e. The van der Waals surface area contributed by atoms with E-state index in [0.29, 0.717) is 21.0 Å². The van der Waals surface area contributed by atoms with Gasteiger partial charge in [0.25, 0.3) is 5.91 Å². The van der Waals surface area contributed by atoms with Crippen molar-refractivity contribution in [3.05, 3.63) is 28.2 Å². The van der Waals surface area contributed by atoms with E-state index in [2.05, 4.69) is 20.5 Å². The number of nitrogens with zero attached hydrogens (tertiary/aromatic N) is 2. The largest absolute Gasteiger partial charge is 0.482 e. The average Bonchev–Trinajstić information content (AvgIpc) is 2.85. The molecule has 0 spiro atoms. The van der Waals surface area contributed by atoms with E-state index in [9.17, 15) is 4.79 Å². The van der Waals surface area contributed by atoms with Gasteiger partial charge in [0.05, 0.1) is 5.02 Å². The lowest BCUT2D eigenvalue weighted by Crippen LogP contribution is -2.21. The Morgan fingerprint density at radius 3 is 3.00 bits per heavy atom. The normalized spacial score (nSPS) is 10.4. The number of anilines is 1. The van der Waals surface area contributed by atoms with Crippen molar-refractivity contribution in [2.75, 3.05) is 17.7 Å². The van der Waals surface area contributed by atoms with Crippen molar-refractivity contribution in [3.63, 3.8) is 0 Å². The second kappa shape index (κ2) is 7.53. The van der Waals surface area contributed by atoms with Crippen LogP contribution in [0.3, 0.4) is 0 Å². The maximum Gasteiger partial charge on any atom is 0.264 e. The Bertz CT molecular complexity index is 635. The number of ether oxygens (including phenoxy) is 1. The van der Waals surface area contributed by atoms with Crippen LogP contribution in [0.5, 0.6) is 5.75 Å². The Labute approximate surface area is 135 Å². The second-order valence-corrected chi connectivity index (χ2v) is 5.89. The molecule has 0 saturated heterocycles. The molecule has 0 atom stereocenters. The molecular formula is C12H12Cl2N4O2S. The first-order valence-corrected chi connectivity index (χ1v) is 7.75. The number of aromatic nitrogens is 3. The molecule has 1 amide bonds. The molecule has 21 heavy (non-hydrogen) atoms. The first-order valence-electron chi connectivity index (χ1n) is 6.01. The predicted molar refractivity (Wildman–Crippen MR) is 83.4 cm³/mol. The lowest BCUT2D eigenvalue weighted by Gasteiger charge is -2.07. The van der Waals surface area contributed by atoms with Gasteiger partial charge in [0.15, 0.2) is 6.61 Å². The third-order valence-electron chi connectivity index (χ3n) is 2.25. The molecule has 0 fully saturated rings. The summed E-state index contributed by atoms with van der Waals surface area (Å²) in [5.41, 5.74) is 0. The fourth-order valence-electron chi connectivity index (χ4n) is 1.40. The van der Waals surface area contributed by atoms with E-state index >= 15 is 0 Å². The number of carbonyl (C=O) groups excluding carboxylic acids is 1. The molecule has 0 radical (unpaired) electrons. The molecule has 2 rings (SSSR count). The summed E-state index contributed by atoms with van der Waals surface area (Å²) in [6.07, 6.45) is 0. The number of rotatable bonds is 6. The molecule has 0 aliphatic rings. The van der Waals surface area contributed by atoms with Crippen LogP contribution in [0.4, 0.5) is 5.95 Å². The summed E-state index contributed by atoms with van der Waals surface area (Å²) in [5.74, 6) is 1.15. The predicted octanol–water partition coefficient (Wildman–Crippen LogP) is 3.24. The summed E-state index contributed by atoms with van der Waals surface area (Å²) in [6, 6.07) is 4.77. The van der Waals surface area contributed by atoms with E-state index in [4.69, 9.17) is 27.9 Å². The van der Waals surface area contributed by atoms with E-state index in [1.165, 1.54) is 11.8 Å². The number of carbonyl (C=O) groups is 1. The van der Waals surface area contributed by atoms with E-state index in [1.54, 1.807) is 18.2 Å². The average molecular weight is 347 g/mol. The van der Waals surface area contributed by atoms with Gasteiger partial charge in [-0.25, -0.2) is 5.10 Å². The van der Waals surface area contributed by atoms with Gasteiger partial charge in [-0.2, -0.15) is 4.98 Å². The van der Waals surface area contributed by atoms with Crippen molar-refractivity contribution < 1.29 is 9.53 Å². The van der Waals surface area contributed by atoms with Crippen LogP contribution in [0, 0.1) is 0 Å². The number of hydrogen-bond acceptors (Lipinski definition) is 5. The third-order valence-corrected chi connectivity index (χ3v) is 3.51. The second-order valence-electron chi connectivity index (χ2n) is 3.81. The van der Waals surface area contributed by atoms with Crippen LogP contribution in [0.2, 0.25) is 10.0 Å². The van der Waals surface area contributed by atoms with Gasteiger partial charge in [0, 0.05) is 5.02 Å². The minimum absolute atomic E-state index is 0.196. The highest BCUT2D eigenvalue weighted by molar-refractivity contribution is 7.99. The number of H-pyrrole nitrogens is 1. The molecule has 0 aliphatic heterocycles. The molecular weight excluding hydrogens is 335 g/mol. The van der Waals surface area contributed by atoms with E-state index in [1.807, 2.05) is 6.92 Å². The highest BCUT2D eigenvalue weighted by atomic mass is 35.5. The molecule has 1 aromatic heterocycles. The maximum absolute atomic E-state index is 11.7. The summed E-state index contributed by atoms with van der Waals surface area (Å²) in [4.78, 5) is 15.8. The summed E-state index contributed by atoms with van der Waals surface area (Å²) in [6.45, 7) is 1.79. The minimum atomic E-state index is -0.370. The Morgan fingerprint density at radius 1 is 1.48 bits per heavy atom. The van der Waals surface area contributed by atoms with Crippen molar-refractivity contribution in [1.29, 1.82) is 0 Å². The summed E-state index contributed by atoms with van der Waals surface area (Å²) in [7, 11) is 0. The lowest BCUT2D eigenvalue weighted by molar-refractivity contribution is -0.118. The Hall–Kier alpha value is -1.44. The Kier molecular flexibility index (Phi) is 5.72. The summed E-state index contributed by atoms with van der Waals surface area (Å²) < 4.78 is 5.31. The number of halogens is 2. The molecule has 1 heterocycles. The molecule has 2 aromatic rings. The lowest BCUT2D eigenvalue weighted by atomic mass is 10.3. The van der Waals surface area contributed by atoms with Crippen molar-refractivity contribution in [2.24, 2.45) is 0 Å². The van der Waals surface area contributed by atoms with Crippen LogP contribution in [0.1, 0.15) is 6.92 Å². The van der Waals surface area contributed by atoms with Crippen molar-refractivity contribution in [3.8, 4) is 5.75 Å². The summed E-state index contributed by atoms with van der Waals surface area (Å²) in [5, 5.41) is 10.5. The van der Waals surface area contributed by atoms with Crippen molar-refractivity contribution >= 4 is 46.8 Å². The topological polar surface area (TPSA) is 79.9 Å². The number of benzene rings is 1. The molecule has 9 heteroatoms. The number of hydrogen-bond donors (Lipinski definition) is 2. The zero-order valence-electron chi connectivity index (χ0n) is 11.0. The molecule has 112 valence electrons. The highest BCUT2D eigenvalue weighted by Gasteiger charge is 2.09. The zero-order chi connectivity index (χ0) is 15.2. The zero-order valence-corrected chi connectivity index (χ0v) is 13.3. The van der Waals surface area contributed by atoms with Crippen LogP contribution >= 0.6 is 35.0 Å². The Balaban J connectivity index is 1.86. The van der Waals surface area contributed by atoms with E-state index in [-0.39, 0.29) is 18.5 Å². The van der Waals surface area contributed by atoms with Gasteiger partial charge in [-0.05, 0) is 24.0 Å². The third kappa shape index (κ3) is 4.80. The summed E-state index contributed by atoms with van der Waals surface area (Å²) >= 11 is 13.2. The van der Waals surface area contributed by atoms with Gasteiger partial charge in [-0.3, -0.25) is 10.1 Å². The van der Waals surface area contributed by atoms with Gasteiger partial charge in [-0.15, -0.1) is 5.10 Å². The molecule has 1 aromatic carbocycles. The quantitative estimate of drug-likeness (QED) is 0.784. The maximum atomic E-state index is 11.7. The molecule has 0 unspecified atom stereocenters. The molecule has 2 N–H and O–H groups in total. The van der Waals surface area contributed by atoms with Crippen LogP contribution in [0.25, 0.3) is 0 Å². The fraction of sp³-hybridized carbons (Fsp3) is 0.250. The van der Waals surface area contributed by atoms with Gasteiger partial charge in [0.1, 0.15) is 5.75 Å². The standard InChI is InChI=1S/C12H12Cl2N4O2S/c1-2-21-12-16-11(17-18-12)15-10(19)6-20-9-4-3-7(13)5-8(9)14/h3-5H,2,6H2,1H3,(H2,15,16,17,18,19). The molecule has 6 nitrogen and oxygen atoms in total. The fourth-order valence-corrected chi connectivity index (χ4v) is 2.39. The number of nitrogens with one attached hydrogen (secondary N) is 2. The number of thioether (sulfide) groups is 1. The number of aromatic amines is 1. The first-order chi connectivity index (χ1) is 10.1. The van der Waals surface area contributed by atoms with Gasteiger partial charge >= 0.3 is 0 Å². The van der Waals surface area contributed by atoms with Gasteiger partial charge in [0.2, 0.25) is 11.1 Å². The minimum Gasteiger partial charge on any atom is -0.482 e. The van der Waals surface area contributed by atoms with Crippen LogP contribution in [-0.4, -0.2) is 33.4 Å². The SMILES string of the molecule is CCSc1n[nH]c(NC(=O)COc2ccc(Cl)cc2Cl)n1.